The second kappa shape index (κ2) is 3.40. The molecule has 1 aromatic rings. The number of para-hydroxylation sites is 1. The fourth-order valence-corrected chi connectivity index (χ4v) is 2.15. The van der Waals surface area contributed by atoms with Crippen molar-refractivity contribution in [2.75, 3.05) is 11.9 Å². The van der Waals surface area contributed by atoms with Gasteiger partial charge < -0.3 is 10.4 Å². The molecule has 4 heteroatoms. The lowest BCUT2D eigenvalue weighted by molar-refractivity contribution is -0.109. The molecule has 0 radical (unpaired) electrons. The van der Waals surface area contributed by atoms with Crippen molar-refractivity contribution in [3.8, 4) is 0 Å². The van der Waals surface area contributed by atoms with Crippen LogP contribution >= 0.6 is 11.8 Å². The second-order valence-electron chi connectivity index (χ2n) is 2.78. The van der Waals surface area contributed by atoms with Gasteiger partial charge in [-0.2, -0.15) is 0 Å². The first-order chi connectivity index (χ1) is 6.31. The standard InChI is InChI=1S/C9H9NO2S/c11-5-6-2-1-3-7-9(6)10-4-8(12)13-7/h1-3,10-11H,4-5H2. The van der Waals surface area contributed by atoms with Crippen LogP contribution in [0.15, 0.2) is 23.1 Å². The summed E-state index contributed by atoms with van der Waals surface area (Å²) in [5, 5.41) is 12.1. The predicted octanol–water partition coefficient (Wildman–Crippen LogP) is 1.22. The summed E-state index contributed by atoms with van der Waals surface area (Å²) >= 11 is 1.23. The van der Waals surface area contributed by atoms with Crippen LogP contribution in [-0.2, 0) is 11.4 Å². The van der Waals surface area contributed by atoms with Crippen molar-refractivity contribution in [2.45, 2.75) is 11.5 Å². The first kappa shape index (κ1) is 8.59. The van der Waals surface area contributed by atoms with Gasteiger partial charge >= 0.3 is 0 Å². The molecule has 2 rings (SSSR count). The van der Waals surface area contributed by atoms with Gasteiger partial charge in [-0.3, -0.25) is 4.79 Å². The molecule has 0 aromatic heterocycles. The third-order valence-corrected chi connectivity index (χ3v) is 2.85. The van der Waals surface area contributed by atoms with E-state index in [-0.39, 0.29) is 11.7 Å². The summed E-state index contributed by atoms with van der Waals surface area (Å²) in [4.78, 5) is 12.0. The van der Waals surface area contributed by atoms with Gasteiger partial charge in [0.15, 0.2) is 0 Å². The lowest BCUT2D eigenvalue weighted by Gasteiger charge is -2.18. The number of anilines is 1. The number of benzene rings is 1. The molecule has 0 aliphatic carbocycles. The highest BCUT2D eigenvalue weighted by Gasteiger charge is 2.17. The van der Waals surface area contributed by atoms with E-state index in [0.29, 0.717) is 6.54 Å². The molecule has 1 aliphatic rings. The first-order valence-electron chi connectivity index (χ1n) is 3.98. The van der Waals surface area contributed by atoms with Gasteiger partial charge in [-0.1, -0.05) is 12.1 Å². The summed E-state index contributed by atoms with van der Waals surface area (Å²) in [6, 6.07) is 5.57. The maximum Gasteiger partial charge on any atom is 0.212 e. The molecule has 0 atom stereocenters. The highest BCUT2D eigenvalue weighted by molar-refractivity contribution is 8.14. The van der Waals surface area contributed by atoms with E-state index in [1.165, 1.54) is 11.8 Å². The molecule has 2 N–H and O–H groups in total. The van der Waals surface area contributed by atoms with E-state index in [4.69, 9.17) is 5.11 Å². The highest BCUT2D eigenvalue weighted by Crippen LogP contribution is 2.34. The van der Waals surface area contributed by atoms with Crippen LogP contribution in [0.1, 0.15) is 5.56 Å². The van der Waals surface area contributed by atoms with E-state index in [2.05, 4.69) is 5.32 Å². The minimum atomic E-state index is 0.00488. The molecule has 0 unspecified atom stereocenters. The van der Waals surface area contributed by atoms with Crippen LogP contribution in [0.4, 0.5) is 5.69 Å². The molecule has 0 spiro atoms. The summed E-state index contributed by atoms with van der Waals surface area (Å²) in [7, 11) is 0. The Morgan fingerprint density at radius 3 is 3.15 bits per heavy atom. The molecule has 1 heterocycles. The molecule has 0 bridgehead atoms. The van der Waals surface area contributed by atoms with Gasteiger partial charge in [0, 0.05) is 10.5 Å². The molecule has 13 heavy (non-hydrogen) atoms. The Kier molecular flexibility index (Phi) is 2.24. The molecule has 3 nitrogen and oxygen atoms in total. The van der Waals surface area contributed by atoms with Crippen molar-refractivity contribution in [1.82, 2.24) is 0 Å². The number of hydrogen-bond donors (Lipinski definition) is 2. The summed E-state index contributed by atoms with van der Waals surface area (Å²) in [5.41, 5.74) is 1.74. The maximum absolute atomic E-state index is 11.1. The maximum atomic E-state index is 11.1. The number of fused-ring (bicyclic) bond motifs is 1. The zero-order valence-electron chi connectivity index (χ0n) is 6.91. The molecule has 0 saturated carbocycles. The Labute approximate surface area is 80.1 Å². The summed E-state index contributed by atoms with van der Waals surface area (Å²) in [6.45, 7) is 0.347. The van der Waals surface area contributed by atoms with Crippen molar-refractivity contribution < 1.29 is 9.90 Å². The van der Waals surface area contributed by atoms with Crippen LogP contribution < -0.4 is 5.32 Å². The Morgan fingerprint density at radius 2 is 2.38 bits per heavy atom. The van der Waals surface area contributed by atoms with Crippen LogP contribution in [0.2, 0.25) is 0 Å². The molecule has 0 fully saturated rings. The number of aliphatic hydroxyl groups excluding tert-OH is 1. The minimum absolute atomic E-state index is 0.00488. The number of hydrogen-bond acceptors (Lipinski definition) is 4. The zero-order valence-corrected chi connectivity index (χ0v) is 7.73. The Morgan fingerprint density at radius 1 is 1.54 bits per heavy atom. The van der Waals surface area contributed by atoms with Crippen LogP contribution in [0.25, 0.3) is 0 Å². The summed E-state index contributed by atoms with van der Waals surface area (Å²) in [5.74, 6) is 0. The molecule has 0 amide bonds. The van der Waals surface area contributed by atoms with E-state index < -0.39 is 0 Å². The Balaban J connectivity index is 2.45. The summed E-state index contributed by atoms with van der Waals surface area (Å²) < 4.78 is 0. The van der Waals surface area contributed by atoms with E-state index in [1.54, 1.807) is 0 Å². The van der Waals surface area contributed by atoms with Crippen molar-refractivity contribution in [2.24, 2.45) is 0 Å². The second-order valence-corrected chi connectivity index (χ2v) is 3.88. The minimum Gasteiger partial charge on any atom is -0.392 e. The van der Waals surface area contributed by atoms with E-state index in [9.17, 15) is 4.79 Å². The third-order valence-electron chi connectivity index (χ3n) is 1.92. The van der Waals surface area contributed by atoms with Gasteiger partial charge in [0.25, 0.3) is 0 Å². The molecule has 1 aromatic carbocycles. The van der Waals surface area contributed by atoms with Crippen LogP contribution in [0.3, 0.4) is 0 Å². The molecular weight excluding hydrogens is 186 g/mol. The first-order valence-corrected chi connectivity index (χ1v) is 4.80. The van der Waals surface area contributed by atoms with Gasteiger partial charge in [0.1, 0.15) is 0 Å². The monoisotopic (exact) mass is 195 g/mol. The fraction of sp³-hybridized carbons (Fsp3) is 0.222. The Bertz CT molecular complexity index is 351. The highest BCUT2D eigenvalue weighted by atomic mass is 32.2. The van der Waals surface area contributed by atoms with Gasteiger partial charge in [-0.25, -0.2) is 0 Å². The molecule has 0 saturated heterocycles. The zero-order chi connectivity index (χ0) is 9.26. The topological polar surface area (TPSA) is 49.3 Å². The van der Waals surface area contributed by atoms with Crippen molar-refractivity contribution in [3.05, 3.63) is 23.8 Å². The van der Waals surface area contributed by atoms with Crippen molar-refractivity contribution >= 4 is 22.6 Å². The van der Waals surface area contributed by atoms with E-state index in [0.717, 1.165) is 16.1 Å². The quantitative estimate of drug-likeness (QED) is 0.707. The number of thioether (sulfide) groups is 1. The lowest BCUT2D eigenvalue weighted by Crippen LogP contribution is -2.17. The molecule has 1 aliphatic heterocycles. The SMILES string of the molecule is O=C1CNc2c(CO)cccc2S1. The smallest absolute Gasteiger partial charge is 0.212 e. The van der Waals surface area contributed by atoms with Gasteiger partial charge in [-0.05, 0) is 17.8 Å². The van der Waals surface area contributed by atoms with E-state index in [1.807, 2.05) is 18.2 Å². The van der Waals surface area contributed by atoms with Gasteiger partial charge in [-0.15, -0.1) is 0 Å². The number of aliphatic hydroxyl groups is 1. The number of carbonyl (C=O) groups is 1. The van der Waals surface area contributed by atoms with Crippen molar-refractivity contribution in [1.29, 1.82) is 0 Å². The van der Waals surface area contributed by atoms with Gasteiger partial charge in [0.05, 0.1) is 18.8 Å². The number of nitrogens with one attached hydrogen (secondary N) is 1. The lowest BCUT2D eigenvalue weighted by atomic mass is 10.2. The average molecular weight is 195 g/mol. The van der Waals surface area contributed by atoms with Crippen LogP contribution in [0.5, 0.6) is 0 Å². The van der Waals surface area contributed by atoms with Crippen LogP contribution in [-0.4, -0.2) is 16.8 Å². The number of rotatable bonds is 1. The molecular formula is C9H9NO2S. The normalized spacial score (nSPS) is 15.0. The van der Waals surface area contributed by atoms with Gasteiger partial charge in [0.2, 0.25) is 5.12 Å². The predicted molar refractivity (Wildman–Crippen MR) is 51.7 cm³/mol. The number of carbonyl (C=O) groups excluding carboxylic acids is 1. The largest absolute Gasteiger partial charge is 0.392 e. The molecule has 68 valence electrons. The average Bonchev–Trinajstić information content (AvgIpc) is 2.16. The third kappa shape index (κ3) is 1.55. The Hall–Kier alpha value is -1.00. The van der Waals surface area contributed by atoms with E-state index >= 15 is 0 Å². The summed E-state index contributed by atoms with van der Waals surface area (Å²) in [6.07, 6.45) is 0. The fourth-order valence-electron chi connectivity index (χ4n) is 1.31. The van der Waals surface area contributed by atoms with Crippen LogP contribution in [0, 0.1) is 0 Å². The van der Waals surface area contributed by atoms with Crippen molar-refractivity contribution in [3.63, 3.8) is 0 Å².